The second kappa shape index (κ2) is 7.97. The number of benzene rings is 2. The Morgan fingerprint density at radius 3 is 2.56 bits per heavy atom. The number of hydrogen-bond donors (Lipinski definition) is 2. The van der Waals surface area contributed by atoms with Crippen LogP contribution in [0.3, 0.4) is 0 Å². The van der Waals surface area contributed by atoms with E-state index in [0.717, 1.165) is 34.4 Å². The number of rotatable bonds is 6. The van der Waals surface area contributed by atoms with Gasteiger partial charge in [-0.15, -0.1) is 12.6 Å². The van der Waals surface area contributed by atoms with E-state index in [9.17, 15) is 9.59 Å². The van der Waals surface area contributed by atoms with Crippen molar-refractivity contribution in [2.75, 3.05) is 6.61 Å². The highest BCUT2D eigenvalue weighted by molar-refractivity contribution is 8.15. The van der Waals surface area contributed by atoms with E-state index in [1.54, 1.807) is 0 Å². The summed E-state index contributed by atoms with van der Waals surface area (Å²) in [5.41, 5.74) is 3.37. The van der Waals surface area contributed by atoms with Gasteiger partial charge >= 0.3 is 0 Å². The van der Waals surface area contributed by atoms with Crippen molar-refractivity contribution in [3.63, 3.8) is 0 Å². The fraction of sp³-hybridized carbons (Fsp3) is 0.263. The van der Waals surface area contributed by atoms with Crippen molar-refractivity contribution in [1.29, 1.82) is 0 Å². The number of thiol groups is 1. The summed E-state index contributed by atoms with van der Waals surface area (Å²) in [4.78, 5) is 23.8. The molecule has 4 nitrogen and oxygen atoms in total. The highest BCUT2D eigenvalue weighted by atomic mass is 32.2. The molecule has 1 atom stereocenters. The van der Waals surface area contributed by atoms with Gasteiger partial charge in [0.05, 0.1) is 11.9 Å². The summed E-state index contributed by atoms with van der Waals surface area (Å²) in [5.74, 6) is 0.576. The summed E-state index contributed by atoms with van der Waals surface area (Å²) in [6.07, 6.45) is 1.33. The number of nitrogens with one attached hydrogen (secondary N) is 1. The molecule has 25 heavy (non-hydrogen) atoms. The number of amides is 2. The summed E-state index contributed by atoms with van der Waals surface area (Å²) >= 11 is 5.54. The van der Waals surface area contributed by atoms with Crippen LogP contribution < -0.4 is 10.1 Å². The highest BCUT2D eigenvalue weighted by Gasteiger charge is 2.31. The van der Waals surface area contributed by atoms with E-state index in [-0.39, 0.29) is 16.4 Å². The van der Waals surface area contributed by atoms with Gasteiger partial charge in [-0.3, -0.25) is 14.9 Å². The Bertz CT molecular complexity index is 790. The topological polar surface area (TPSA) is 55.4 Å². The number of carbonyl (C=O) groups excluding carboxylic acids is 2. The molecule has 0 spiro atoms. The highest BCUT2D eigenvalue weighted by Crippen LogP contribution is 2.24. The lowest BCUT2D eigenvalue weighted by molar-refractivity contribution is -0.118. The minimum absolute atomic E-state index is 0.212. The maximum absolute atomic E-state index is 11.6. The standard InChI is InChI=1S/C19H19NO3S2/c1-12-2-5-14(16(24)10-12)8-9-23-15-6-3-13(4-7-15)11-17-18(21)20-19(22)25-17/h2-7,10,17,24H,8-9,11H2,1H3,(H,20,21,22). The van der Waals surface area contributed by atoms with Crippen molar-refractivity contribution in [1.82, 2.24) is 5.32 Å². The van der Waals surface area contributed by atoms with Gasteiger partial charge in [0, 0.05) is 11.3 Å². The number of hydrogen-bond acceptors (Lipinski definition) is 5. The molecule has 1 N–H and O–H groups in total. The maximum Gasteiger partial charge on any atom is 0.286 e. The van der Waals surface area contributed by atoms with E-state index in [0.29, 0.717) is 13.0 Å². The Labute approximate surface area is 156 Å². The second-order valence-electron chi connectivity index (χ2n) is 5.96. The molecule has 1 fully saturated rings. The van der Waals surface area contributed by atoms with Crippen LogP contribution in [-0.4, -0.2) is 23.0 Å². The van der Waals surface area contributed by atoms with Gasteiger partial charge in [-0.1, -0.05) is 41.6 Å². The van der Waals surface area contributed by atoms with Crippen molar-refractivity contribution in [3.8, 4) is 5.75 Å². The van der Waals surface area contributed by atoms with Crippen LogP contribution in [0.4, 0.5) is 4.79 Å². The van der Waals surface area contributed by atoms with Gasteiger partial charge < -0.3 is 4.74 Å². The molecule has 1 saturated heterocycles. The maximum atomic E-state index is 11.6. The third kappa shape index (κ3) is 4.80. The molecule has 0 bridgehead atoms. The average molecular weight is 373 g/mol. The van der Waals surface area contributed by atoms with E-state index in [1.807, 2.05) is 31.2 Å². The Hall–Kier alpha value is -1.92. The van der Waals surface area contributed by atoms with Crippen molar-refractivity contribution < 1.29 is 14.3 Å². The van der Waals surface area contributed by atoms with Crippen LogP contribution in [0.25, 0.3) is 0 Å². The average Bonchev–Trinajstić information content (AvgIpc) is 2.88. The predicted molar refractivity (Wildman–Crippen MR) is 103 cm³/mol. The molecule has 0 aromatic heterocycles. The molecule has 2 amide bonds. The molecule has 0 aliphatic carbocycles. The van der Waals surface area contributed by atoms with Crippen LogP contribution >= 0.6 is 24.4 Å². The van der Waals surface area contributed by atoms with E-state index in [4.69, 9.17) is 4.74 Å². The first-order valence-corrected chi connectivity index (χ1v) is 9.35. The fourth-order valence-electron chi connectivity index (χ4n) is 2.63. The van der Waals surface area contributed by atoms with E-state index >= 15 is 0 Å². The van der Waals surface area contributed by atoms with Crippen molar-refractivity contribution >= 4 is 35.5 Å². The lowest BCUT2D eigenvalue weighted by atomic mass is 10.1. The number of thioether (sulfide) groups is 1. The Kier molecular flexibility index (Phi) is 5.71. The van der Waals surface area contributed by atoms with Gasteiger partial charge in [-0.2, -0.15) is 0 Å². The molecular formula is C19H19NO3S2. The van der Waals surface area contributed by atoms with Crippen molar-refractivity contribution in [3.05, 3.63) is 59.2 Å². The Morgan fingerprint density at radius 2 is 1.92 bits per heavy atom. The van der Waals surface area contributed by atoms with Gasteiger partial charge in [-0.25, -0.2) is 0 Å². The van der Waals surface area contributed by atoms with E-state index < -0.39 is 0 Å². The van der Waals surface area contributed by atoms with Crippen LogP contribution in [-0.2, 0) is 17.6 Å². The van der Waals surface area contributed by atoms with Crippen LogP contribution in [0.2, 0.25) is 0 Å². The predicted octanol–water partition coefficient (Wildman–Crippen LogP) is 3.80. The third-order valence-corrected chi connectivity index (χ3v) is 5.39. The SMILES string of the molecule is Cc1ccc(CCOc2ccc(CC3SC(=O)NC3=O)cc2)c(S)c1. The fourth-order valence-corrected chi connectivity index (χ4v) is 3.88. The first kappa shape index (κ1) is 17.9. The lowest BCUT2D eigenvalue weighted by Gasteiger charge is -2.10. The number of aryl methyl sites for hydroxylation is 1. The lowest BCUT2D eigenvalue weighted by Crippen LogP contribution is -2.25. The Balaban J connectivity index is 1.51. The number of carbonyl (C=O) groups is 2. The zero-order chi connectivity index (χ0) is 17.8. The smallest absolute Gasteiger partial charge is 0.286 e. The zero-order valence-electron chi connectivity index (χ0n) is 13.8. The molecule has 0 saturated carbocycles. The summed E-state index contributed by atoms with van der Waals surface area (Å²) in [6.45, 7) is 2.62. The molecule has 6 heteroatoms. The normalized spacial score (nSPS) is 16.8. The van der Waals surface area contributed by atoms with Crippen LogP contribution in [0.5, 0.6) is 5.75 Å². The monoisotopic (exact) mass is 373 g/mol. The molecule has 1 aliphatic heterocycles. The Morgan fingerprint density at radius 1 is 1.16 bits per heavy atom. The van der Waals surface area contributed by atoms with Crippen molar-refractivity contribution in [2.24, 2.45) is 0 Å². The molecule has 1 unspecified atom stereocenters. The van der Waals surface area contributed by atoms with E-state index in [1.165, 1.54) is 11.1 Å². The van der Waals surface area contributed by atoms with Gasteiger partial charge in [0.2, 0.25) is 5.91 Å². The van der Waals surface area contributed by atoms with Crippen LogP contribution in [0, 0.1) is 6.92 Å². The minimum Gasteiger partial charge on any atom is -0.493 e. The zero-order valence-corrected chi connectivity index (χ0v) is 15.5. The van der Waals surface area contributed by atoms with Crippen LogP contribution in [0.15, 0.2) is 47.4 Å². The summed E-state index contributed by atoms with van der Waals surface area (Å²) in [6, 6.07) is 13.9. The summed E-state index contributed by atoms with van der Waals surface area (Å²) in [7, 11) is 0. The van der Waals surface area contributed by atoms with Gasteiger partial charge in [0.15, 0.2) is 0 Å². The van der Waals surface area contributed by atoms with Gasteiger partial charge in [0.1, 0.15) is 5.75 Å². The summed E-state index contributed by atoms with van der Waals surface area (Å²) < 4.78 is 5.79. The van der Waals surface area contributed by atoms with Crippen molar-refractivity contribution in [2.45, 2.75) is 29.9 Å². The van der Waals surface area contributed by atoms with Gasteiger partial charge in [0.25, 0.3) is 5.24 Å². The molecule has 130 valence electrons. The number of imide groups is 1. The molecule has 0 radical (unpaired) electrons. The molecule has 2 aromatic rings. The largest absolute Gasteiger partial charge is 0.493 e. The molecule has 1 heterocycles. The first-order chi connectivity index (χ1) is 12.0. The summed E-state index contributed by atoms with van der Waals surface area (Å²) in [5, 5.41) is 1.70. The molecule has 2 aromatic carbocycles. The third-order valence-electron chi connectivity index (χ3n) is 3.99. The van der Waals surface area contributed by atoms with Crippen LogP contribution in [0.1, 0.15) is 16.7 Å². The van der Waals surface area contributed by atoms with Gasteiger partial charge in [-0.05, 0) is 42.7 Å². The molecular weight excluding hydrogens is 354 g/mol. The first-order valence-electron chi connectivity index (χ1n) is 8.03. The second-order valence-corrected chi connectivity index (χ2v) is 7.62. The molecule has 1 aliphatic rings. The van der Waals surface area contributed by atoms with E-state index in [2.05, 4.69) is 36.1 Å². The number of ether oxygens (including phenoxy) is 1. The quantitative estimate of drug-likeness (QED) is 0.756. The minimum atomic E-state index is -0.338. The molecule has 3 rings (SSSR count).